The lowest BCUT2D eigenvalue weighted by Gasteiger charge is -2.03. The van der Waals surface area contributed by atoms with Crippen molar-refractivity contribution in [1.29, 1.82) is 0 Å². The van der Waals surface area contributed by atoms with Gasteiger partial charge in [-0.3, -0.25) is 4.68 Å². The summed E-state index contributed by atoms with van der Waals surface area (Å²) >= 11 is 7.48. The summed E-state index contributed by atoms with van der Waals surface area (Å²) in [5.74, 6) is 0. The van der Waals surface area contributed by atoms with E-state index in [9.17, 15) is 0 Å². The molecule has 2 aromatic heterocycles. The zero-order valence-electron chi connectivity index (χ0n) is 8.90. The van der Waals surface area contributed by atoms with E-state index < -0.39 is 0 Å². The first-order valence-corrected chi connectivity index (χ1v) is 6.46. The second-order valence-corrected chi connectivity index (χ2v) is 5.30. The monoisotopic (exact) mass is 255 g/mol. The minimum Gasteiger partial charge on any atom is -0.312 e. The van der Waals surface area contributed by atoms with Gasteiger partial charge >= 0.3 is 0 Å². The van der Waals surface area contributed by atoms with Gasteiger partial charge in [0.2, 0.25) is 0 Å². The third kappa shape index (κ3) is 3.63. The van der Waals surface area contributed by atoms with Gasteiger partial charge in [0.05, 0.1) is 4.34 Å². The zero-order valence-corrected chi connectivity index (χ0v) is 10.5. The molecular formula is C11H14ClN3S. The Morgan fingerprint density at radius 2 is 2.38 bits per heavy atom. The summed E-state index contributed by atoms with van der Waals surface area (Å²) < 4.78 is 2.80. The van der Waals surface area contributed by atoms with Crippen LogP contribution in [0.1, 0.15) is 11.3 Å². The molecule has 0 atom stereocenters. The predicted molar refractivity (Wildman–Crippen MR) is 67.9 cm³/mol. The van der Waals surface area contributed by atoms with Gasteiger partial charge in [-0.25, -0.2) is 0 Å². The molecule has 86 valence electrons. The second kappa shape index (κ2) is 6.03. The molecule has 2 aromatic rings. The molecule has 0 saturated carbocycles. The largest absolute Gasteiger partial charge is 0.312 e. The van der Waals surface area contributed by atoms with Crippen molar-refractivity contribution in [2.75, 3.05) is 6.54 Å². The third-order valence-electron chi connectivity index (χ3n) is 2.23. The lowest BCUT2D eigenvalue weighted by molar-refractivity contribution is 0.544. The number of hydrogen-bond donors (Lipinski definition) is 1. The van der Waals surface area contributed by atoms with Crippen LogP contribution in [-0.2, 0) is 13.1 Å². The van der Waals surface area contributed by atoms with Gasteiger partial charge in [-0.1, -0.05) is 11.6 Å². The van der Waals surface area contributed by atoms with Crippen LogP contribution in [0, 0.1) is 0 Å². The van der Waals surface area contributed by atoms with Crippen molar-refractivity contribution >= 4 is 22.9 Å². The van der Waals surface area contributed by atoms with Gasteiger partial charge in [0.1, 0.15) is 0 Å². The smallest absolute Gasteiger partial charge is 0.0931 e. The molecule has 0 amide bonds. The molecule has 3 nitrogen and oxygen atoms in total. The van der Waals surface area contributed by atoms with Crippen LogP contribution >= 0.6 is 22.9 Å². The standard InChI is InChI=1S/C11H14ClN3S/c12-11-4-3-10(16-11)9-13-5-1-7-15-8-2-6-14-15/h2-4,6,8,13H,1,5,7,9H2. The number of nitrogens with zero attached hydrogens (tertiary/aromatic N) is 2. The molecule has 0 unspecified atom stereocenters. The van der Waals surface area contributed by atoms with Crippen molar-refractivity contribution in [3.05, 3.63) is 39.8 Å². The van der Waals surface area contributed by atoms with E-state index in [0.29, 0.717) is 0 Å². The fraction of sp³-hybridized carbons (Fsp3) is 0.364. The molecule has 0 aliphatic carbocycles. The number of hydrogen-bond acceptors (Lipinski definition) is 3. The molecule has 0 saturated heterocycles. The molecule has 0 aliphatic heterocycles. The Labute approximate surface area is 104 Å². The van der Waals surface area contributed by atoms with Crippen molar-refractivity contribution in [2.24, 2.45) is 0 Å². The number of rotatable bonds is 6. The normalized spacial score (nSPS) is 10.8. The summed E-state index contributed by atoms with van der Waals surface area (Å²) in [6.07, 6.45) is 4.88. The minimum absolute atomic E-state index is 0.855. The summed E-state index contributed by atoms with van der Waals surface area (Å²) in [5.41, 5.74) is 0. The summed E-state index contributed by atoms with van der Waals surface area (Å²) in [4.78, 5) is 1.28. The summed E-state index contributed by atoms with van der Waals surface area (Å²) in [7, 11) is 0. The Morgan fingerprint density at radius 3 is 3.06 bits per heavy atom. The van der Waals surface area contributed by atoms with E-state index in [2.05, 4.69) is 16.5 Å². The van der Waals surface area contributed by atoms with E-state index in [4.69, 9.17) is 11.6 Å². The first-order valence-electron chi connectivity index (χ1n) is 5.27. The number of aromatic nitrogens is 2. The van der Waals surface area contributed by atoms with Crippen molar-refractivity contribution in [3.8, 4) is 0 Å². The van der Waals surface area contributed by atoms with Gasteiger partial charge in [0, 0.05) is 30.4 Å². The molecule has 2 rings (SSSR count). The van der Waals surface area contributed by atoms with E-state index in [-0.39, 0.29) is 0 Å². The Hall–Kier alpha value is -0.840. The fourth-order valence-corrected chi connectivity index (χ4v) is 2.51. The molecule has 1 N–H and O–H groups in total. The topological polar surface area (TPSA) is 29.9 Å². The van der Waals surface area contributed by atoms with Crippen LogP contribution in [0.3, 0.4) is 0 Å². The van der Waals surface area contributed by atoms with Gasteiger partial charge < -0.3 is 5.32 Å². The fourth-order valence-electron chi connectivity index (χ4n) is 1.46. The lowest BCUT2D eigenvalue weighted by Crippen LogP contribution is -2.15. The number of nitrogens with one attached hydrogen (secondary N) is 1. The van der Waals surface area contributed by atoms with Crippen LogP contribution in [0.25, 0.3) is 0 Å². The zero-order chi connectivity index (χ0) is 11.2. The second-order valence-electron chi connectivity index (χ2n) is 3.51. The molecule has 2 heterocycles. The Bertz CT molecular complexity index is 411. The van der Waals surface area contributed by atoms with Crippen molar-refractivity contribution in [3.63, 3.8) is 0 Å². The maximum atomic E-state index is 5.85. The van der Waals surface area contributed by atoms with E-state index in [1.807, 2.05) is 23.0 Å². The van der Waals surface area contributed by atoms with Crippen molar-refractivity contribution in [2.45, 2.75) is 19.5 Å². The first kappa shape index (κ1) is 11.6. The minimum atomic E-state index is 0.855. The van der Waals surface area contributed by atoms with Gasteiger partial charge in [-0.15, -0.1) is 11.3 Å². The van der Waals surface area contributed by atoms with Gasteiger partial charge in [-0.2, -0.15) is 5.10 Å². The van der Waals surface area contributed by atoms with Gasteiger partial charge in [-0.05, 0) is 31.2 Å². The van der Waals surface area contributed by atoms with Crippen LogP contribution in [0.15, 0.2) is 30.6 Å². The van der Waals surface area contributed by atoms with Crippen LogP contribution in [-0.4, -0.2) is 16.3 Å². The SMILES string of the molecule is Clc1ccc(CNCCCn2cccn2)s1. The third-order valence-corrected chi connectivity index (χ3v) is 3.46. The Balaban J connectivity index is 1.59. The molecular weight excluding hydrogens is 242 g/mol. The number of aryl methyl sites for hydroxylation is 1. The molecule has 0 spiro atoms. The molecule has 0 aliphatic rings. The maximum Gasteiger partial charge on any atom is 0.0931 e. The van der Waals surface area contributed by atoms with Gasteiger partial charge in [0.15, 0.2) is 0 Å². The molecule has 0 radical (unpaired) electrons. The van der Waals surface area contributed by atoms with Crippen LogP contribution < -0.4 is 5.32 Å². The van der Waals surface area contributed by atoms with Crippen molar-refractivity contribution in [1.82, 2.24) is 15.1 Å². The molecule has 0 aromatic carbocycles. The Morgan fingerprint density at radius 1 is 1.44 bits per heavy atom. The molecule has 0 fully saturated rings. The molecule has 0 bridgehead atoms. The predicted octanol–water partition coefficient (Wildman–Crippen LogP) is 2.78. The Kier molecular flexibility index (Phi) is 4.39. The lowest BCUT2D eigenvalue weighted by atomic mass is 10.4. The van der Waals surface area contributed by atoms with Crippen LogP contribution in [0.4, 0.5) is 0 Å². The summed E-state index contributed by atoms with van der Waals surface area (Å²) in [5, 5.41) is 7.54. The van der Waals surface area contributed by atoms with E-state index in [1.165, 1.54) is 4.88 Å². The first-order chi connectivity index (χ1) is 7.84. The van der Waals surface area contributed by atoms with E-state index in [0.717, 1.165) is 30.4 Å². The molecule has 5 heteroatoms. The van der Waals surface area contributed by atoms with Gasteiger partial charge in [0.25, 0.3) is 0 Å². The highest BCUT2D eigenvalue weighted by molar-refractivity contribution is 7.16. The average molecular weight is 256 g/mol. The summed E-state index contributed by atoms with van der Waals surface area (Å²) in [6, 6.07) is 5.95. The number of halogens is 1. The van der Waals surface area contributed by atoms with Crippen LogP contribution in [0.5, 0.6) is 0 Å². The molecule has 16 heavy (non-hydrogen) atoms. The maximum absolute atomic E-state index is 5.85. The highest BCUT2D eigenvalue weighted by atomic mass is 35.5. The highest BCUT2D eigenvalue weighted by Gasteiger charge is 1.97. The average Bonchev–Trinajstić information content (AvgIpc) is 2.89. The van der Waals surface area contributed by atoms with Crippen LogP contribution in [0.2, 0.25) is 4.34 Å². The van der Waals surface area contributed by atoms with Crippen molar-refractivity contribution < 1.29 is 0 Å². The summed E-state index contributed by atoms with van der Waals surface area (Å²) in [6.45, 7) is 2.86. The van der Waals surface area contributed by atoms with E-state index >= 15 is 0 Å². The number of thiophene rings is 1. The highest BCUT2D eigenvalue weighted by Crippen LogP contribution is 2.20. The quantitative estimate of drug-likeness (QED) is 0.805. The van der Waals surface area contributed by atoms with E-state index in [1.54, 1.807) is 17.5 Å².